The molecule has 1 amide bonds. The number of fused-ring (bicyclic) bond motifs is 1. The van der Waals surface area contributed by atoms with Gasteiger partial charge in [0.2, 0.25) is 5.91 Å². The largest absolute Gasteiger partial charge is 0.496 e. The molecule has 0 spiro atoms. The van der Waals surface area contributed by atoms with Gasteiger partial charge in [-0.05, 0) is 23.8 Å². The van der Waals surface area contributed by atoms with Gasteiger partial charge in [-0.3, -0.25) is 9.59 Å². The van der Waals surface area contributed by atoms with Gasteiger partial charge < -0.3 is 9.64 Å². The Balaban J connectivity index is 1.73. The molecule has 1 saturated carbocycles. The van der Waals surface area contributed by atoms with E-state index in [-0.39, 0.29) is 17.2 Å². The number of rotatable bonds is 3. The highest BCUT2D eigenvalue weighted by molar-refractivity contribution is 5.85. The van der Waals surface area contributed by atoms with Gasteiger partial charge in [0.05, 0.1) is 13.5 Å². The predicted molar refractivity (Wildman–Crippen MR) is 88.3 cm³/mol. The minimum atomic E-state index is 0.0281. The Morgan fingerprint density at radius 1 is 1.30 bits per heavy atom. The van der Waals surface area contributed by atoms with Crippen molar-refractivity contribution in [1.82, 2.24) is 4.90 Å². The zero-order chi connectivity index (χ0) is 16.6. The van der Waals surface area contributed by atoms with Gasteiger partial charge in [0, 0.05) is 31.0 Å². The fourth-order valence-electron chi connectivity index (χ4n) is 4.07. The average Bonchev–Trinajstić information content (AvgIpc) is 2.99. The summed E-state index contributed by atoms with van der Waals surface area (Å²) < 4.78 is 5.33. The molecule has 2 aliphatic rings. The molecule has 23 heavy (non-hydrogen) atoms. The van der Waals surface area contributed by atoms with E-state index in [4.69, 9.17) is 4.74 Å². The highest BCUT2D eigenvalue weighted by Crippen LogP contribution is 2.46. The molecular formula is C19H25NO3. The second-order valence-corrected chi connectivity index (χ2v) is 7.46. The number of para-hydroxylation sites is 1. The number of ether oxygens (including phenoxy) is 1. The molecule has 0 bridgehead atoms. The maximum atomic E-state index is 12.7. The van der Waals surface area contributed by atoms with Crippen molar-refractivity contribution in [3.05, 3.63) is 29.8 Å². The maximum Gasteiger partial charge on any atom is 0.227 e. The highest BCUT2D eigenvalue weighted by atomic mass is 16.5. The van der Waals surface area contributed by atoms with Gasteiger partial charge in [-0.2, -0.15) is 0 Å². The quantitative estimate of drug-likeness (QED) is 0.861. The van der Waals surface area contributed by atoms with Crippen LogP contribution in [0, 0.1) is 17.3 Å². The van der Waals surface area contributed by atoms with E-state index in [9.17, 15) is 9.59 Å². The molecule has 1 aromatic carbocycles. The molecule has 3 rings (SSSR count). The molecule has 0 aromatic heterocycles. The van der Waals surface area contributed by atoms with Crippen molar-refractivity contribution in [1.29, 1.82) is 0 Å². The molecule has 1 aromatic rings. The van der Waals surface area contributed by atoms with Crippen LogP contribution in [0.1, 0.15) is 32.3 Å². The van der Waals surface area contributed by atoms with E-state index in [1.54, 1.807) is 7.11 Å². The number of carbonyl (C=O) groups is 2. The van der Waals surface area contributed by atoms with E-state index in [2.05, 4.69) is 13.8 Å². The number of amides is 1. The third kappa shape index (κ3) is 2.99. The molecule has 2 unspecified atom stereocenters. The summed E-state index contributed by atoms with van der Waals surface area (Å²) in [5.41, 5.74) is 1.04. The lowest BCUT2D eigenvalue weighted by molar-refractivity contribution is -0.129. The topological polar surface area (TPSA) is 46.6 Å². The molecule has 124 valence electrons. The zero-order valence-corrected chi connectivity index (χ0v) is 14.2. The number of benzene rings is 1. The van der Waals surface area contributed by atoms with Crippen molar-refractivity contribution in [3.8, 4) is 5.75 Å². The summed E-state index contributed by atoms with van der Waals surface area (Å²) >= 11 is 0. The van der Waals surface area contributed by atoms with E-state index >= 15 is 0 Å². The second kappa shape index (κ2) is 5.99. The molecule has 1 aliphatic heterocycles. The smallest absolute Gasteiger partial charge is 0.227 e. The van der Waals surface area contributed by atoms with Crippen molar-refractivity contribution in [2.24, 2.45) is 17.3 Å². The van der Waals surface area contributed by atoms with Gasteiger partial charge in [0.1, 0.15) is 11.5 Å². The fourth-order valence-corrected chi connectivity index (χ4v) is 4.07. The molecular weight excluding hydrogens is 290 g/mol. The van der Waals surface area contributed by atoms with Crippen molar-refractivity contribution in [3.63, 3.8) is 0 Å². The second-order valence-electron chi connectivity index (χ2n) is 7.46. The van der Waals surface area contributed by atoms with E-state index in [0.29, 0.717) is 37.6 Å². The number of carbonyl (C=O) groups excluding carboxylic acids is 2. The summed E-state index contributed by atoms with van der Waals surface area (Å²) in [7, 11) is 1.62. The molecule has 0 N–H and O–H groups in total. The van der Waals surface area contributed by atoms with Crippen LogP contribution in [-0.4, -0.2) is 36.8 Å². The minimum Gasteiger partial charge on any atom is -0.496 e. The Hall–Kier alpha value is -1.84. The van der Waals surface area contributed by atoms with Crippen LogP contribution in [0.5, 0.6) is 5.75 Å². The van der Waals surface area contributed by atoms with Crippen LogP contribution in [-0.2, 0) is 16.0 Å². The first-order valence-corrected chi connectivity index (χ1v) is 8.35. The first kappa shape index (κ1) is 16.0. The van der Waals surface area contributed by atoms with Crippen molar-refractivity contribution < 1.29 is 14.3 Å². The molecule has 1 saturated heterocycles. The van der Waals surface area contributed by atoms with Crippen LogP contribution in [0.4, 0.5) is 0 Å². The van der Waals surface area contributed by atoms with Gasteiger partial charge in [-0.25, -0.2) is 0 Å². The SMILES string of the molecule is COc1ccccc1CC(=O)N1CC2C(=O)CCC(C)(C)C2C1. The van der Waals surface area contributed by atoms with E-state index < -0.39 is 0 Å². The molecule has 2 atom stereocenters. The number of Topliss-reactive ketones (excluding diaryl/α,β-unsaturated/α-hetero) is 1. The van der Waals surface area contributed by atoms with Crippen molar-refractivity contribution >= 4 is 11.7 Å². The van der Waals surface area contributed by atoms with E-state index in [1.165, 1.54) is 0 Å². The number of methoxy groups -OCH3 is 1. The van der Waals surface area contributed by atoms with Crippen LogP contribution < -0.4 is 4.74 Å². The van der Waals surface area contributed by atoms with Crippen molar-refractivity contribution in [2.45, 2.75) is 33.1 Å². The normalized spacial score (nSPS) is 26.0. The summed E-state index contributed by atoms with van der Waals surface area (Å²) in [6, 6.07) is 7.62. The highest BCUT2D eigenvalue weighted by Gasteiger charge is 2.49. The fraction of sp³-hybridized carbons (Fsp3) is 0.579. The van der Waals surface area contributed by atoms with Crippen molar-refractivity contribution in [2.75, 3.05) is 20.2 Å². The lowest BCUT2D eigenvalue weighted by Gasteiger charge is -2.38. The summed E-state index contributed by atoms with van der Waals surface area (Å²) in [6.45, 7) is 5.74. The van der Waals surface area contributed by atoms with Crippen LogP contribution in [0.3, 0.4) is 0 Å². The van der Waals surface area contributed by atoms with Gasteiger partial charge in [-0.1, -0.05) is 32.0 Å². The number of likely N-dealkylation sites (tertiary alicyclic amines) is 1. The van der Waals surface area contributed by atoms with E-state index in [1.807, 2.05) is 29.2 Å². The van der Waals surface area contributed by atoms with Gasteiger partial charge in [-0.15, -0.1) is 0 Å². The summed E-state index contributed by atoms with van der Waals surface area (Å²) in [4.78, 5) is 26.8. The Morgan fingerprint density at radius 2 is 2.04 bits per heavy atom. The van der Waals surface area contributed by atoms with Crippen LogP contribution >= 0.6 is 0 Å². The van der Waals surface area contributed by atoms with E-state index in [0.717, 1.165) is 17.7 Å². The molecule has 1 aliphatic carbocycles. The molecule has 0 radical (unpaired) electrons. The predicted octanol–water partition coefficient (Wildman–Crippen LogP) is 2.70. The summed E-state index contributed by atoms with van der Waals surface area (Å²) in [6.07, 6.45) is 1.92. The number of hydrogen-bond acceptors (Lipinski definition) is 3. The molecule has 1 heterocycles. The van der Waals surface area contributed by atoms with Gasteiger partial charge in [0.25, 0.3) is 0 Å². The maximum absolute atomic E-state index is 12.7. The first-order chi connectivity index (χ1) is 10.9. The Bertz CT molecular complexity index is 623. The number of nitrogens with zero attached hydrogens (tertiary/aromatic N) is 1. The first-order valence-electron chi connectivity index (χ1n) is 8.35. The third-order valence-electron chi connectivity index (χ3n) is 5.64. The lowest BCUT2D eigenvalue weighted by atomic mass is 9.64. The Labute approximate surface area is 137 Å². The van der Waals surface area contributed by atoms with Crippen LogP contribution in [0.15, 0.2) is 24.3 Å². The van der Waals surface area contributed by atoms with Gasteiger partial charge in [0.15, 0.2) is 0 Å². The summed E-state index contributed by atoms with van der Waals surface area (Å²) in [5, 5.41) is 0. The summed E-state index contributed by atoms with van der Waals surface area (Å²) in [5.74, 6) is 1.49. The Kier molecular flexibility index (Phi) is 4.17. The molecule has 2 fully saturated rings. The molecule has 4 nitrogen and oxygen atoms in total. The van der Waals surface area contributed by atoms with Crippen LogP contribution in [0.2, 0.25) is 0 Å². The average molecular weight is 315 g/mol. The third-order valence-corrected chi connectivity index (χ3v) is 5.64. The standard InChI is InChI=1S/C19H25NO3/c1-19(2)9-8-16(21)14-11-20(12-15(14)19)18(22)10-13-6-4-5-7-17(13)23-3/h4-7,14-15H,8-12H2,1-3H3. The minimum absolute atomic E-state index is 0.0281. The van der Waals surface area contributed by atoms with Crippen LogP contribution in [0.25, 0.3) is 0 Å². The molecule has 4 heteroatoms. The Morgan fingerprint density at radius 3 is 2.74 bits per heavy atom. The lowest BCUT2D eigenvalue weighted by Crippen LogP contribution is -2.39. The van der Waals surface area contributed by atoms with Gasteiger partial charge >= 0.3 is 0 Å². The zero-order valence-electron chi connectivity index (χ0n) is 14.2. The monoisotopic (exact) mass is 315 g/mol. The number of ketones is 1. The number of hydrogen-bond donors (Lipinski definition) is 0.